The average molecular weight is 390 g/mol. The van der Waals surface area contributed by atoms with Crippen LogP contribution in [0.15, 0.2) is 24.3 Å². The first-order valence-electron chi connectivity index (χ1n) is 7.96. The van der Waals surface area contributed by atoms with Crippen LogP contribution in [0.3, 0.4) is 0 Å². The number of carbonyl (C=O) groups excluding carboxylic acids is 2. The zero-order chi connectivity index (χ0) is 18.7. The topological polar surface area (TPSA) is 82.4 Å². The van der Waals surface area contributed by atoms with Gasteiger partial charge in [0.15, 0.2) is 6.61 Å². The van der Waals surface area contributed by atoms with Crippen molar-refractivity contribution in [3.05, 3.63) is 45.3 Å². The minimum atomic E-state index is -0.349. The van der Waals surface area contributed by atoms with Crippen LogP contribution < -0.4 is 10.1 Å². The summed E-state index contributed by atoms with van der Waals surface area (Å²) in [4.78, 5) is 26.4. The minimum absolute atomic E-state index is 0.00417. The van der Waals surface area contributed by atoms with Crippen LogP contribution in [0.4, 0.5) is 5.00 Å². The maximum Gasteiger partial charge on any atom is 0.262 e. The number of ether oxygens (including phenoxy) is 1. The molecule has 0 aliphatic carbocycles. The van der Waals surface area contributed by atoms with Gasteiger partial charge in [0.1, 0.15) is 16.8 Å². The van der Waals surface area contributed by atoms with E-state index in [4.69, 9.17) is 16.3 Å². The number of anilines is 1. The van der Waals surface area contributed by atoms with E-state index < -0.39 is 0 Å². The molecule has 1 aromatic heterocycles. The number of fused-ring (bicyclic) bond motifs is 1. The van der Waals surface area contributed by atoms with Crippen molar-refractivity contribution in [1.82, 2.24) is 4.90 Å². The third-order valence-corrected chi connectivity index (χ3v) is 5.43. The quantitative estimate of drug-likeness (QED) is 0.870. The third-order valence-electron chi connectivity index (χ3n) is 4.05. The number of benzene rings is 1. The van der Waals surface area contributed by atoms with Crippen LogP contribution in [0.2, 0.25) is 5.02 Å². The van der Waals surface area contributed by atoms with E-state index in [1.165, 1.54) is 18.3 Å². The molecule has 0 radical (unpaired) electrons. The maximum atomic E-state index is 12.2. The van der Waals surface area contributed by atoms with Crippen molar-refractivity contribution in [2.75, 3.05) is 18.5 Å². The lowest BCUT2D eigenvalue weighted by atomic mass is 10.0. The number of hydrogen-bond acceptors (Lipinski definition) is 5. The van der Waals surface area contributed by atoms with Crippen molar-refractivity contribution in [2.24, 2.45) is 0 Å². The summed E-state index contributed by atoms with van der Waals surface area (Å²) in [6.07, 6.45) is 0.617. The summed E-state index contributed by atoms with van der Waals surface area (Å²) >= 11 is 7.14. The summed E-state index contributed by atoms with van der Waals surface area (Å²) in [5.74, 6) is 0.190. The molecule has 8 heteroatoms. The van der Waals surface area contributed by atoms with Crippen molar-refractivity contribution < 1.29 is 14.3 Å². The van der Waals surface area contributed by atoms with Gasteiger partial charge < -0.3 is 15.0 Å². The van der Waals surface area contributed by atoms with E-state index in [1.54, 1.807) is 29.2 Å². The molecule has 1 N–H and O–H groups in total. The number of rotatable bonds is 4. The van der Waals surface area contributed by atoms with E-state index in [2.05, 4.69) is 11.4 Å². The molecule has 2 amide bonds. The van der Waals surface area contributed by atoms with Gasteiger partial charge in [-0.25, -0.2) is 0 Å². The van der Waals surface area contributed by atoms with Gasteiger partial charge in [0.05, 0.1) is 12.1 Å². The van der Waals surface area contributed by atoms with Gasteiger partial charge in [-0.2, -0.15) is 5.26 Å². The molecular formula is C18H16ClN3O3S. The maximum absolute atomic E-state index is 12.2. The second-order valence-electron chi connectivity index (χ2n) is 5.80. The number of nitrogens with one attached hydrogen (secondary N) is 1. The summed E-state index contributed by atoms with van der Waals surface area (Å²) in [6.45, 7) is 2.41. The first-order valence-corrected chi connectivity index (χ1v) is 9.15. The van der Waals surface area contributed by atoms with Gasteiger partial charge in [-0.1, -0.05) is 11.6 Å². The number of amides is 2. The molecule has 1 aliphatic rings. The van der Waals surface area contributed by atoms with Crippen LogP contribution in [0, 0.1) is 11.3 Å². The smallest absolute Gasteiger partial charge is 0.262 e. The van der Waals surface area contributed by atoms with E-state index in [0.29, 0.717) is 40.8 Å². The Morgan fingerprint density at radius 2 is 2.12 bits per heavy atom. The lowest BCUT2D eigenvalue weighted by Crippen LogP contribution is -2.33. The molecule has 0 saturated heterocycles. The molecule has 0 saturated carbocycles. The molecule has 1 aromatic carbocycles. The molecule has 0 fully saturated rings. The zero-order valence-electron chi connectivity index (χ0n) is 14.0. The molecule has 2 aromatic rings. The van der Waals surface area contributed by atoms with Crippen LogP contribution in [0.5, 0.6) is 5.75 Å². The first kappa shape index (κ1) is 18.2. The molecule has 134 valence electrons. The molecular weight excluding hydrogens is 374 g/mol. The van der Waals surface area contributed by atoms with Gasteiger partial charge in [-0.05, 0) is 36.2 Å². The number of nitrogens with zero attached hydrogens (tertiary/aromatic N) is 2. The number of nitriles is 1. The largest absolute Gasteiger partial charge is 0.484 e. The fraction of sp³-hybridized carbons (Fsp3) is 0.278. The third kappa shape index (κ3) is 3.98. The van der Waals surface area contributed by atoms with E-state index in [0.717, 1.165) is 10.4 Å². The summed E-state index contributed by atoms with van der Waals surface area (Å²) in [6, 6.07) is 8.88. The Balaban J connectivity index is 1.68. The lowest BCUT2D eigenvalue weighted by Gasteiger charge is -2.25. The van der Waals surface area contributed by atoms with Gasteiger partial charge in [-0.15, -0.1) is 11.3 Å². The van der Waals surface area contributed by atoms with Crippen molar-refractivity contribution in [3.63, 3.8) is 0 Å². The first-order chi connectivity index (χ1) is 12.5. The highest BCUT2D eigenvalue weighted by Gasteiger charge is 2.26. The normalized spacial score (nSPS) is 12.9. The van der Waals surface area contributed by atoms with Crippen LogP contribution in [-0.4, -0.2) is 29.9 Å². The summed E-state index contributed by atoms with van der Waals surface area (Å²) < 4.78 is 5.42. The lowest BCUT2D eigenvalue weighted by molar-refractivity contribution is -0.129. The second kappa shape index (κ2) is 7.77. The average Bonchev–Trinajstić information content (AvgIpc) is 2.97. The van der Waals surface area contributed by atoms with Crippen molar-refractivity contribution in [2.45, 2.75) is 19.9 Å². The molecule has 6 nitrogen and oxygen atoms in total. The van der Waals surface area contributed by atoms with Crippen LogP contribution in [0.1, 0.15) is 22.9 Å². The molecule has 2 heterocycles. The van der Waals surface area contributed by atoms with E-state index >= 15 is 0 Å². The molecule has 0 unspecified atom stereocenters. The number of hydrogen-bond donors (Lipinski definition) is 1. The molecule has 0 bridgehead atoms. The standard InChI is InChI=1S/C18H16ClN3O3S/c1-11(23)22-7-6-14-15(8-20)18(26-16(14)9-22)21-17(24)10-25-13-4-2-12(19)3-5-13/h2-5H,6-7,9-10H2,1H3,(H,21,24). The van der Waals surface area contributed by atoms with Crippen LogP contribution in [-0.2, 0) is 22.6 Å². The van der Waals surface area contributed by atoms with E-state index in [9.17, 15) is 14.9 Å². The molecule has 26 heavy (non-hydrogen) atoms. The monoisotopic (exact) mass is 389 g/mol. The summed E-state index contributed by atoms with van der Waals surface area (Å²) in [7, 11) is 0. The molecule has 0 spiro atoms. The van der Waals surface area contributed by atoms with Crippen LogP contribution in [0.25, 0.3) is 0 Å². The Morgan fingerprint density at radius 3 is 2.77 bits per heavy atom. The Labute approximate surface area is 159 Å². The number of thiophene rings is 1. The minimum Gasteiger partial charge on any atom is -0.484 e. The predicted octanol–water partition coefficient (Wildman–Crippen LogP) is 3.20. The van der Waals surface area contributed by atoms with Crippen molar-refractivity contribution in [3.8, 4) is 11.8 Å². The fourth-order valence-corrected chi connectivity index (χ4v) is 4.08. The highest BCUT2D eigenvalue weighted by atomic mass is 35.5. The zero-order valence-corrected chi connectivity index (χ0v) is 15.6. The molecule has 1 aliphatic heterocycles. The SMILES string of the molecule is CC(=O)N1CCc2c(sc(NC(=O)COc3ccc(Cl)cc3)c2C#N)C1. The summed E-state index contributed by atoms with van der Waals surface area (Å²) in [5.41, 5.74) is 1.40. The van der Waals surface area contributed by atoms with Gasteiger partial charge in [0.2, 0.25) is 5.91 Å². The van der Waals surface area contributed by atoms with Gasteiger partial charge >= 0.3 is 0 Å². The Morgan fingerprint density at radius 1 is 1.38 bits per heavy atom. The number of halogens is 1. The van der Waals surface area contributed by atoms with Gasteiger partial charge in [-0.3, -0.25) is 9.59 Å². The van der Waals surface area contributed by atoms with Crippen LogP contribution >= 0.6 is 22.9 Å². The van der Waals surface area contributed by atoms with E-state index in [-0.39, 0.29) is 18.4 Å². The van der Waals surface area contributed by atoms with Crippen molar-refractivity contribution in [1.29, 1.82) is 5.26 Å². The molecule has 0 atom stereocenters. The fourth-order valence-electron chi connectivity index (χ4n) is 2.72. The van der Waals surface area contributed by atoms with Gasteiger partial charge in [0.25, 0.3) is 5.91 Å². The Bertz CT molecular complexity index is 886. The Kier molecular flexibility index (Phi) is 5.45. The highest BCUT2D eigenvalue weighted by molar-refractivity contribution is 7.16. The highest BCUT2D eigenvalue weighted by Crippen LogP contribution is 2.36. The molecule has 3 rings (SSSR count). The summed E-state index contributed by atoms with van der Waals surface area (Å²) in [5, 5.41) is 13.3. The second-order valence-corrected chi connectivity index (χ2v) is 7.34. The van der Waals surface area contributed by atoms with E-state index in [1.807, 2.05) is 0 Å². The van der Waals surface area contributed by atoms with Crippen molar-refractivity contribution >= 4 is 39.8 Å². The van der Waals surface area contributed by atoms with Gasteiger partial charge in [0, 0.05) is 23.4 Å². The Hall–Kier alpha value is -2.56. The number of carbonyl (C=O) groups is 2. The predicted molar refractivity (Wildman–Crippen MR) is 99.4 cm³/mol.